The number of benzene rings is 1. The van der Waals surface area contributed by atoms with Crippen LogP contribution in [0.25, 0.3) is 0 Å². The third kappa shape index (κ3) is 3.84. The van der Waals surface area contributed by atoms with Gasteiger partial charge >= 0.3 is 0 Å². The first-order chi connectivity index (χ1) is 18.3. The summed E-state index contributed by atoms with van der Waals surface area (Å²) in [6.07, 6.45) is 6.25. The molecule has 9 nitrogen and oxygen atoms in total. The lowest BCUT2D eigenvalue weighted by Crippen LogP contribution is -2.54. The first-order valence-corrected chi connectivity index (χ1v) is 15.3. The van der Waals surface area contributed by atoms with Crippen molar-refractivity contribution in [3.8, 4) is 0 Å². The fourth-order valence-electron chi connectivity index (χ4n) is 7.70. The average molecular weight is 553 g/mol. The van der Waals surface area contributed by atoms with E-state index in [9.17, 15) is 24.0 Å². The molecule has 2 N–H and O–H groups in total. The number of carbonyl (C=O) groups excluding carboxylic acids is 5. The maximum Gasteiger partial charge on any atom is 0.276 e. The Bertz CT molecular complexity index is 1310. The van der Waals surface area contributed by atoms with Crippen LogP contribution >= 0.6 is 23.5 Å². The molecule has 5 fully saturated rings. The molecule has 1 aromatic carbocycles. The molecule has 0 spiro atoms. The Balaban J connectivity index is 1.02. The van der Waals surface area contributed by atoms with Crippen LogP contribution in [-0.4, -0.2) is 68.6 Å². The highest BCUT2D eigenvalue weighted by molar-refractivity contribution is 8.16. The highest BCUT2D eigenvalue weighted by Gasteiger charge is 2.58. The van der Waals surface area contributed by atoms with Gasteiger partial charge in [0.25, 0.3) is 17.7 Å². The highest BCUT2D eigenvalue weighted by atomic mass is 32.2. The maximum atomic E-state index is 13.3. The summed E-state index contributed by atoms with van der Waals surface area (Å²) in [5.41, 5.74) is 0.548. The number of hydrogen-bond donors (Lipinski definition) is 2. The number of hydrogen-bond acceptors (Lipinski definition) is 8. The van der Waals surface area contributed by atoms with E-state index in [2.05, 4.69) is 10.6 Å². The third-order valence-corrected chi connectivity index (χ3v) is 11.4. The molecule has 0 aromatic heterocycles. The summed E-state index contributed by atoms with van der Waals surface area (Å²) in [5.74, 6) is 1.34. The topological polar surface area (TPSA) is 125 Å². The lowest BCUT2D eigenvalue weighted by molar-refractivity contribution is -0.136. The maximum absolute atomic E-state index is 13.3. The van der Waals surface area contributed by atoms with Gasteiger partial charge in [0.05, 0.1) is 17.2 Å². The summed E-state index contributed by atoms with van der Waals surface area (Å²) in [4.78, 5) is 69.8. The van der Waals surface area contributed by atoms with Crippen LogP contribution in [0.1, 0.15) is 65.7 Å². The summed E-state index contributed by atoms with van der Waals surface area (Å²) >= 11 is 2.93. The first-order valence-electron chi connectivity index (χ1n) is 13.3. The molecule has 4 aliphatic carbocycles. The molecule has 198 valence electrons. The van der Waals surface area contributed by atoms with E-state index >= 15 is 0 Å². The molecule has 4 saturated carbocycles. The number of aliphatic imine (C=N–C) groups is 1. The SMILES string of the molecule is O=C1CCC(N2C(=O)c3cccc(SCC4CSC(C(=O)NC56CC7CC(CC5C7)C6)=N4)c3C2=O)C(=O)N1. The zero-order valence-corrected chi connectivity index (χ0v) is 22.4. The Morgan fingerprint density at radius 2 is 1.92 bits per heavy atom. The van der Waals surface area contributed by atoms with Crippen LogP contribution in [0.2, 0.25) is 0 Å². The summed E-state index contributed by atoms with van der Waals surface area (Å²) in [6, 6.07) is 4.07. The van der Waals surface area contributed by atoms with Gasteiger partial charge in [-0.3, -0.25) is 39.2 Å². The van der Waals surface area contributed by atoms with Crippen molar-refractivity contribution in [2.45, 2.75) is 67.5 Å². The number of nitrogens with zero attached hydrogens (tertiary/aromatic N) is 2. The van der Waals surface area contributed by atoms with Crippen molar-refractivity contribution >= 4 is 58.1 Å². The molecule has 1 aromatic rings. The van der Waals surface area contributed by atoms with Crippen molar-refractivity contribution in [1.82, 2.24) is 15.5 Å². The van der Waals surface area contributed by atoms with Crippen molar-refractivity contribution in [1.29, 1.82) is 0 Å². The van der Waals surface area contributed by atoms with Crippen molar-refractivity contribution in [3.05, 3.63) is 29.3 Å². The minimum absolute atomic E-state index is 0.0214. The number of piperidine rings is 1. The summed E-state index contributed by atoms with van der Waals surface area (Å²) < 4.78 is 0. The van der Waals surface area contributed by atoms with Crippen LogP contribution in [0.5, 0.6) is 0 Å². The molecule has 4 atom stereocenters. The minimum atomic E-state index is -0.987. The van der Waals surface area contributed by atoms with Crippen LogP contribution in [0.3, 0.4) is 0 Å². The fourth-order valence-corrected chi connectivity index (χ4v) is 9.87. The second-order valence-electron chi connectivity index (χ2n) is 11.5. The molecular weight excluding hydrogens is 524 g/mol. The minimum Gasteiger partial charge on any atom is -0.345 e. The molecule has 4 bridgehead atoms. The van der Waals surface area contributed by atoms with Gasteiger partial charge in [-0.15, -0.1) is 11.8 Å². The second-order valence-corrected chi connectivity index (χ2v) is 13.6. The quantitative estimate of drug-likeness (QED) is 0.410. The van der Waals surface area contributed by atoms with E-state index in [1.54, 1.807) is 18.2 Å². The van der Waals surface area contributed by atoms with E-state index in [-0.39, 0.29) is 35.9 Å². The van der Waals surface area contributed by atoms with Gasteiger partial charge in [0.1, 0.15) is 6.04 Å². The molecule has 8 rings (SSSR count). The Labute approximate surface area is 228 Å². The van der Waals surface area contributed by atoms with Crippen LogP contribution in [0.4, 0.5) is 0 Å². The molecule has 5 amide bonds. The molecule has 1 saturated heterocycles. The number of fused-ring (bicyclic) bond motifs is 1. The molecule has 7 aliphatic rings. The number of imide groups is 2. The van der Waals surface area contributed by atoms with Gasteiger partial charge in [0.15, 0.2) is 5.04 Å². The lowest BCUT2D eigenvalue weighted by Gasteiger charge is -2.33. The first kappa shape index (κ1) is 24.4. The van der Waals surface area contributed by atoms with Crippen molar-refractivity contribution < 1.29 is 24.0 Å². The molecule has 4 unspecified atom stereocenters. The van der Waals surface area contributed by atoms with E-state index in [0.29, 0.717) is 32.9 Å². The molecule has 0 radical (unpaired) electrons. The van der Waals surface area contributed by atoms with E-state index in [4.69, 9.17) is 4.99 Å². The van der Waals surface area contributed by atoms with Crippen LogP contribution < -0.4 is 10.6 Å². The standard InChI is InChI=1S/C27H28N4O5S2/c32-20-5-4-18(22(33)29-20)31-25(35)17-2-1-3-19(21(17)26(31)36)37-11-16-12-38-24(28-16)23(34)30-27-9-13-6-14(10-27)8-15(27)7-13/h1-3,13-16,18H,4-12H2,(H,30,34)(H,29,32,33). The average Bonchev–Trinajstić information content (AvgIpc) is 3.58. The number of amides is 5. The van der Waals surface area contributed by atoms with E-state index in [1.807, 2.05) is 0 Å². The van der Waals surface area contributed by atoms with Crippen molar-refractivity contribution in [2.75, 3.05) is 11.5 Å². The van der Waals surface area contributed by atoms with Crippen LogP contribution in [0.15, 0.2) is 28.1 Å². The molecule has 3 aliphatic heterocycles. The van der Waals surface area contributed by atoms with Gasteiger partial charge in [-0.1, -0.05) is 17.8 Å². The predicted molar refractivity (Wildman–Crippen MR) is 142 cm³/mol. The van der Waals surface area contributed by atoms with E-state index in [0.717, 1.165) is 29.6 Å². The zero-order chi connectivity index (χ0) is 26.2. The smallest absolute Gasteiger partial charge is 0.276 e. The Kier molecular flexibility index (Phi) is 5.74. The summed E-state index contributed by atoms with van der Waals surface area (Å²) in [6.45, 7) is 0. The molecular formula is C27H28N4O5S2. The van der Waals surface area contributed by atoms with E-state index < -0.39 is 29.7 Å². The Morgan fingerprint density at radius 1 is 1.13 bits per heavy atom. The van der Waals surface area contributed by atoms with Gasteiger partial charge in [-0.25, -0.2) is 0 Å². The summed E-state index contributed by atoms with van der Waals surface area (Å²) in [5, 5.41) is 6.17. The van der Waals surface area contributed by atoms with Gasteiger partial charge in [-0.05, 0) is 68.4 Å². The third-order valence-electron chi connectivity index (χ3n) is 9.12. The fraction of sp³-hybridized carbons (Fsp3) is 0.556. The van der Waals surface area contributed by atoms with Gasteiger partial charge in [0, 0.05) is 28.4 Å². The zero-order valence-electron chi connectivity index (χ0n) is 20.7. The molecule has 3 heterocycles. The Morgan fingerprint density at radius 3 is 2.68 bits per heavy atom. The van der Waals surface area contributed by atoms with Gasteiger partial charge < -0.3 is 5.32 Å². The number of carbonyl (C=O) groups is 5. The predicted octanol–water partition coefficient (Wildman–Crippen LogP) is 2.39. The highest BCUT2D eigenvalue weighted by Crippen LogP contribution is 2.60. The van der Waals surface area contributed by atoms with Crippen LogP contribution in [0, 0.1) is 17.8 Å². The van der Waals surface area contributed by atoms with Crippen LogP contribution in [-0.2, 0) is 14.4 Å². The molecule has 38 heavy (non-hydrogen) atoms. The van der Waals surface area contributed by atoms with E-state index in [1.165, 1.54) is 42.8 Å². The lowest BCUT2D eigenvalue weighted by atomic mass is 9.80. The number of thioether (sulfide) groups is 2. The van der Waals surface area contributed by atoms with Crippen molar-refractivity contribution in [3.63, 3.8) is 0 Å². The largest absolute Gasteiger partial charge is 0.345 e. The number of rotatable bonds is 6. The molecule has 11 heteroatoms. The monoisotopic (exact) mass is 552 g/mol. The van der Waals surface area contributed by atoms with Gasteiger partial charge in [0.2, 0.25) is 11.8 Å². The summed E-state index contributed by atoms with van der Waals surface area (Å²) in [7, 11) is 0. The number of nitrogens with one attached hydrogen (secondary N) is 2. The second kappa shape index (κ2) is 8.94. The van der Waals surface area contributed by atoms with Gasteiger partial charge in [-0.2, -0.15) is 0 Å². The normalized spacial score (nSPS) is 35.1. The Hall–Kier alpha value is -2.66. The van der Waals surface area contributed by atoms with Crippen molar-refractivity contribution in [2.24, 2.45) is 22.7 Å².